The number of H-pyrrole nitrogens is 1. The zero-order chi connectivity index (χ0) is 12.3. The van der Waals surface area contributed by atoms with Crippen LogP contribution in [-0.2, 0) is 6.42 Å². The molecule has 0 aliphatic carbocycles. The highest BCUT2D eigenvalue weighted by molar-refractivity contribution is 5.94. The zero-order valence-corrected chi connectivity index (χ0v) is 11.0. The standard InChI is InChI=1S/C13H22N2O/c1-6-11-9(4)12(14-10(11)5)13(16)15(7-2)8-3/h14H,6-8H2,1-5H3. The fourth-order valence-electron chi connectivity index (χ4n) is 2.20. The molecule has 0 unspecified atom stereocenters. The van der Waals surface area contributed by atoms with E-state index in [4.69, 9.17) is 0 Å². The smallest absolute Gasteiger partial charge is 0.270 e. The van der Waals surface area contributed by atoms with Gasteiger partial charge in [-0.1, -0.05) is 6.92 Å². The van der Waals surface area contributed by atoms with E-state index in [1.807, 2.05) is 32.6 Å². The molecule has 0 aliphatic heterocycles. The highest BCUT2D eigenvalue weighted by atomic mass is 16.2. The first-order valence-electron chi connectivity index (χ1n) is 6.04. The first kappa shape index (κ1) is 12.8. The Morgan fingerprint density at radius 3 is 2.12 bits per heavy atom. The molecule has 1 aromatic heterocycles. The molecule has 0 aliphatic rings. The molecule has 0 radical (unpaired) electrons. The number of amides is 1. The fraction of sp³-hybridized carbons (Fsp3) is 0.615. The van der Waals surface area contributed by atoms with Crippen LogP contribution < -0.4 is 0 Å². The van der Waals surface area contributed by atoms with Gasteiger partial charge in [-0.25, -0.2) is 0 Å². The van der Waals surface area contributed by atoms with Gasteiger partial charge in [0, 0.05) is 18.8 Å². The Hall–Kier alpha value is -1.25. The molecule has 90 valence electrons. The Morgan fingerprint density at radius 1 is 1.19 bits per heavy atom. The van der Waals surface area contributed by atoms with Crippen molar-refractivity contribution in [1.82, 2.24) is 9.88 Å². The molecule has 0 saturated carbocycles. The van der Waals surface area contributed by atoms with Crippen LogP contribution in [0, 0.1) is 13.8 Å². The highest BCUT2D eigenvalue weighted by Crippen LogP contribution is 2.19. The minimum atomic E-state index is 0.116. The van der Waals surface area contributed by atoms with Crippen molar-refractivity contribution in [3.63, 3.8) is 0 Å². The van der Waals surface area contributed by atoms with E-state index in [1.54, 1.807) is 0 Å². The van der Waals surface area contributed by atoms with Crippen LogP contribution in [0.3, 0.4) is 0 Å². The van der Waals surface area contributed by atoms with Gasteiger partial charge >= 0.3 is 0 Å². The van der Waals surface area contributed by atoms with E-state index in [1.165, 1.54) is 5.56 Å². The summed E-state index contributed by atoms with van der Waals surface area (Å²) in [5.74, 6) is 0.116. The predicted octanol–water partition coefficient (Wildman–Crippen LogP) is 2.68. The molecule has 1 heterocycles. The Kier molecular flexibility index (Phi) is 4.16. The number of hydrogen-bond donors (Lipinski definition) is 1. The van der Waals surface area contributed by atoms with Gasteiger partial charge in [0.05, 0.1) is 0 Å². The number of carbonyl (C=O) groups excluding carboxylic acids is 1. The van der Waals surface area contributed by atoms with Crippen molar-refractivity contribution >= 4 is 5.91 Å². The maximum absolute atomic E-state index is 12.2. The molecule has 0 saturated heterocycles. The third-order valence-electron chi connectivity index (χ3n) is 3.21. The molecule has 0 spiro atoms. The average Bonchev–Trinajstić information content (AvgIpc) is 2.55. The van der Waals surface area contributed by atoms with Crippen LogP contribution in [0.1, 0.15) is 48.1 Å². The summed E-state index contributed by atoms with van der Waals surface area (Å²) >= 11 is 0. The van der Waals surface area contributed by atoms with E-state index in [9.17, 15) is 4.79 Å². The summed E-state index contributed by atoms with van der Waals surface area (Å²) in [5, 5.41) is 0. The lowest BCUT2D eigenvalue weighted by Gasteiger charge is -2.18. The molecule has 0 bridgehead atoms. The number of hydrogen-bond acceptors (Lipinski definition) is 1. The highest BCUT2D eigenvalue weighted by Gasteiger charge is 2.19. The van der Waals surface area contributed by atoms with Crippen LogP contribution in [0.4, 0.5) is 0 Å². The summed E-state index contributed by atoms with van der Waals surface area (Å²) in [7, 11) is 0. The molecule has 0 atom stereocenters. The Morgan fingerprint density at radius 2 is 1.75 bits per heavy atom. The topological polar surface area (TPSA) is 36.1 Å². The largest absolute Gasteiger partial charge is 0.354 e. The number of aromatic amines is 1. The van der Waals surface area contributed by atoms with E-state index < -0.39 is 0 Å². The van der Waals surface area contributed by atoms with Gasteiger partial charge in [0.15, 0.2) is 0 Å². The molecule has 16 heavy (non-hydrogen) atoms. The third-order valence-corrected chi connectivity index (χ3v) is 3.21. The summed E-state index contributed by atoms with van der Waals surface area (Å²) < 4.78 is 0. The lowest BCUT2D eigenvalue weighted by Crippen LogP contribution is -2.31. The van der Waals surface area contributed by atoms with Crippen LogP contribution in [0.5, 0.6) is 0 Å². The third kappa shape index (κ3) is 2.13. The van der Waals surface area contributed by atoms with Gasteiger partial charge in [-0.05, 0) is 45.2 Å². The van der Waals surface area contributed by atoms with Crippen LogP contribution >= 0.6 is 0 Å². The molecule has 1 rings (SSSR count). The Balaban J connectivity index is 3.09. The molecule has 3 heteroatoms. The van der Waals surface area contributed by atoms with Crippen molar-refractivity contribution in [2.24, 2.45) is 0 Å². The van der Waals surface area contributed by atoms with Crippen molar-refractivity contribution in [2.45, 2.75) is 41.0 Å². The van der Waals surface area contributed by atoms with E-state index in [0.29, 0.717) is 0 Å². The number of aromatic nitrogens is 1. The molecular weight excluding hydrogens is 200 g/mol. The Labute approximate surface area is 97.8 Å². The first-order chi connectivity index (χ1) is 7.56. The van der Waals surface area contributed by atoms with Crippen LogP contribution in [0.25, 0.3) is 0 Å². The molecular formula is C13H22N2O. The summed E-state index contributed by atoms with van der Waals surface area (Å²) in [6.45, 7) is 11.7. The average molecular weight is 222 g/mol. The molecule has 1 N–H and O–H groups in total. The summed E-state index contributed by atoms with van der Waals surface area (Å²) in [4.78, 5) is 17.3. The molecule has 1 aromatic rings. The first-order valence-corrected chi connectivity index (χ1v) is 6.04. The quantitative estimate of drug-likeness (QED) is 0.835. The number of nitrogens with one attached hydrogen (secondary N) is 1. The summed E-state index contributed by atoms with van der Waals surface area (Å²) in [5.41, 5.74) is 4.26. The molecule has 3 nitrogen and oxygen atoms in total. The maximum Gasteiger partial charge on any atom is 0.270 e. The van der Waals surface area contributed by atoms with E-state index in [2.05, 4.69) is 11.9 Å². The second-order valence-electron chi connectivity index (χ2n) is 4.06. The van der Waals surface area contributed by atoms with Gasteiger partial charge in [-0.3, -0.25) is 4.79 Å². The van der Waals surface area contributed by atoms with Crippen molar-refractivity contribution in [1.29, 1.82) is 0 Å². The van der Waals surface area contributed by atoms with Crippen molar-refractivity contribution < 1.29 is 4.79 Å². The lowest BCUT2D eigenvalue weighted by atomic mass is 10.1. The van der Waals surface area contributed by atoms with Gasteiger partial charge in [0.25, 0.3) is 5.91 Å². The zero-order valence-electron chi connectivity index (χ0n) is 11.0. The van der Waals surface area contributed by atoms with E-state index in [0.717, 1.165) is 36.5 Å². The summed E-state index contributed by atoms with van der Waals surface area (Å²) in [6, 6.07) is 0. The van der Waals surface area contributed by atoms with Gasteiger partial charge in [-0.2, -0.15) is 0 Å². The number of aryl methyl sites for hydroxylation is 1. The fourth-order valence-corrected chi connectivity index (χ4v) is 2.20. The minimum absolute atomic E-state index is 0.116. The SMILES string of the molecule is CCc1c(C)[nH]c(C(=O)N(CC)CC)c1C. The second-order valence-corrected chi connectivity index (χ2v) is 4.06. The maximum atomic E-state index is 12.2. The van der Waals surface area contributed by atoms with Crippen molar-refractivity contribution in [2.75, 3.05) is 13.1 Å². The number of carbonyl (C=O) groups is 1. The number of rotatable bonds is 4. The minimum Gasteiger partial charge on any atom is -0.354 e. The second kappa shape index (κ2) is 5.19. The number of nitrogens with zero attached hydrogens (tertiary/aromatic N) is 1. The van der Waals surface area contributed by atoms with E-state index in [-0.39, 0.29) is 5.91 Å². The lowest BCUT2D eigenvalue weighted by molar-refractivity contribution is 0.0767. The van der Waals surface area contributed by atoms with Crippen molar-refractivity contribution in [3.8, 4) is 0 Å². The van der Waals surface area contributed by atoms with Crippen LogP contribution in [0.15, 0.2) is 0 Å². The van der Waals surface area contributed by atoms with Gasteiger partial charge in [0.1, 0.15) is 5.69 Å². The van der Waals surface area contributed by atoms with Gasteiger partial charge in [0.2, 0.25) is 0 Å². The molecule has 0 fully saturated rings. The predicted molar refractivity (Wildman–Crippen MR) is 66.9 cm³/mol. The summed E-state index contributed by atoms with van der Waals surface area (Å²) in [6.07, 6.45) is 0.972. The van der Waals surface area contributed by atoms with Crippen LogP contribution in [-0.4, -0.2) is 28.9 Å². The molecule has 1 amide bonds. The van der Waals surface area contributed by atoms with Gasteiger partial charge < -0.3 is 9.88 Å². The normalized spacial score (nSPS) is 10.6. The van der Waals surface area contributed by atoms with E-state index >= 15 is 0 Å². The van der Waals surface area contributed by atoms with Crippen molar-refractivity contribution in [3.05, 3.63) is 22.5 Å². The van der Waals surface area contributed by atoms with Gasteiger partial charge in [-0.15, -0.1) is 0 Å². The Bertz CT molecular complexity index is 376. The molecule has 0 aromatic carbocycles. The monoisotopic (exact) mass is 222 g/mol. The van der Waals surface area contributed by atoms with Crippen LogP contribution in [0.2, 0.25) is 0 Å².